The molecular formula is C22H26N4O3. The zero-order valence-corrected chi connectivity index (χ0v) is 16.7. The molecule has 0 radical (unpaired) electrons. The molecule has 0 aliphatic carbocycles. The first-order valence-electron chi connectivity index (χ1n) is 9.94. The molecule has 152 valence electrons. The molecule has 4 rings (SSSR count). The zero-order chi connectivity index (χ0) is 20.6. The van der Waals surface area contributed by atoms with E-state index in [0.29, 0.717) is 16.9 Å². The summed E-state index contributed by atoms with van der Waals surface area (Å²) in [5, 5.41) is 24.2. The van der Waals surface area contributed by atoms with Crippen LogP contribution < -0.4 is 4.90 Å². The Hall–Kier alpha value is -2.77. The Bertz CT molecular complexity index is 1020. The number of Topliss-reactive ketones (excluding diaryl/α,β-unsaturated/α-hetero) is 1. The van der Waals surface area contributed by atoms with Crippen LogP contribution in [-0.4, -0.2) is 49.8 Å². The fraction of sp³-hybridized carbons (Fsp3) is 0.409. The van der Waals surface area contributed by atoms with Gasteiger partial charge in [-0.15, -0.1) is 0 Å². The van der Waals surface area contributed by atoms with E-state index < -0.39 is 5.60 Å². The summed E-state index contributed by atoms with van der Waals surface area (Å²) in [5.74, 6) is 0.825. The fourth-order valence-corrected chi connectivity index (χ4v) is 3.90. The third-order valence-corrected chi connectivity index (χ3v) is 5.53. The van der Waals surface area contributed by atoms with Crippen LogP contribution in [-0.2, 0) is 12.0 Å². The number of aliphatic hydroxyl groups excluding tert-OH is 1. The first-order valence-corrected chi connectivity index (χ1v) is 9.94. The number of carbonyl (C=O) groups is 1. The smallest absolute Gasteiger partial charge is 0.168 e. The van der Waals surface area contributed by atoms with Crippen molar-refractivity contribution in [3.8, 4) is 0 Å². The van der Waals surface area contributed by atoms with E-state index in [0.717, 1.165) is 30.8 Å². The van der Waals surface area contributed by atoms with Gasteiger partial charge in [0.15, 0.2) is 11.4 Å². The van der Waals surface area contributed by atoms with Crippen molar-refractivity contribution in [1.82, 2.24) is 14.6 Å². The summed E-state index contributed by atoms with van der Waals surface area (Å²) in [6.07, 6.45) is 3.81. The van der Waals surface area contributed by atoms with Gasteiger partial charge in [0, 0.05) is 24.2 Å². The molecule has 1 fully saturated rings. The first-order chi connectivity index (χ1) is 13.9. The van der Waals surface area contributed by atoms with E-state index in [4.69, 9.17) is 0 Å². The van der Waals surface area contributed by atoms with E-state index in [9.17, 15) is 15.0 Å². The van der Waals surface area contributed by atoms with Crippen LogP contribution in [0.15, 0.2) is 42.6 Å². The van der Waals surface area contributed by atoms with Crippen LogP contribution >= 0.6 is 0 Å². The fourth-order valence-electron chi connectivity index (χ4n) is 3.90. The number of ketones is 1. The average Bonchev–Trinajstić information content (AvgIpc) is 3.35. The normalized spacial score (nSPS) is 17.2. The van der Waals surface area contributed by atoms with E-state index in [1.165, 1.54) is 0 Å². The maximum atomic E-state index is 12.8. The number of nitrogens with zero attached hydrogens (tertiary/aromatic N) is 4. The van der Waals surface area contributed by atoms with Crippen LogP contribution in [0.4, 0.5) is 5.82 Å². The molecule has 1 atom stereocenters. The predicted molar refractivity (Wildman–Crippen MR) is 110 cm³/mol. The molecule has 2 aromatic heterocycles. The molecule has 0 spiro atoms. The number of carbonyl (C=O) groups excluding carboxylic acids is 1. The largest absolute Gasteiger partial charge is 0.394 e. The van der Waals surface area contributed by atoms with Crippen LogP contribution in [0.3, 0.4) is 0 Å². The van der Waals surface area contributed by atoms with Crippen LogP contribution in [0.2, 0.25) is 0 Å². The molecule has 0 bridgehead atoms. The standard InChI is InChI=1S/C22H26N4O3/c1-22(2,29)16-7-5-15(6-8-16)19(28)12-17-13-21(25-11-3-4-18(25)14-27)26-20(24-17)9-10-23-26/h5-10,13,18,27,29H,3-4,11-12,14H2,1-2H3/t18-/m1/s1. The van der Waals surface area contributed by atoms with Crippen molar-refractivity contribution in [2.75, 3.05) is 18.1 Å². The summed E-state index contributed by atoms with van der Waals surface area (Å²) in [6.45, 7) is 4.37. The Balaban J connectivity index is 1.62. The van der Waals surface area contributed by atoms with Gasteiger partial charge >= 0.3 is 0 Å². The highest BCUT2D eigenvalue weighted by atomic mass is 16.3. The molecule has 7 heteroatoms. The van der Waals surface area contributed by atoms with Gasteiger partial charge in [-0.05, 0) is 32.3 Å². The number of rotatable bonds is 6. The van der Waals surface area contributed by atoms with Gasteiger partial charge in [0.2, 0.25) is 0 Å². The highest BCUT2D eigenvalue weighted by Crippen LogP contribution is 2.27. The Morgan fingerprint density at radius 2 is 2.00 bits per heavy atom. The summed E-state index contributed by atoms with van der Waals surface area (Å²) >= 11 is 0. The van der Waals surface area contributed by atoms with Gasteiger partial charge in [0.05, 0.1) is 36.6 Å². The van der Waals surface area contributed by atoms with Crippen LogP contribution in [0, 0.1) is 0 Å². The second-order valence-electron chi connectivity index (χ2n) is 8.12. The number of benzene rings is 1. The Labute approximate surface area is 169 Å². The highest BCUT2D eigenvalue weighted by molar-refractivity contribution is 5.97. The van der Waals surface area contributed by atoms with Crippen LogP contribution in [0.5, 0.6) is 0 Å². The summed E-state index contributed by atoms with van der Waals surface area (Å²) in [4.78, 5) is 19.6. The van der Waals surface area contributed by atoms with E-state index >= 15 is 0 Å². The third kappa shape index (κ3) is 3.88. The second kappa shape index (κ2) is 7.57. The minimum Gasteiger partial charge on any atom is -0.394 e. The molecule has 1 aliphatic heterocycles. The van der Waals surface area contributed by atoms with Crippen LogP contribution in [0.25, 0.3) is 5.65 Å². The Morgan fingerprint density at radius 1 is 1.24 bits per heavy atom. The van der Waals surface area contributed by atoms with Gasteiger partial charge in [-0.25, -0.2) is 4.98 Å². The van der Waals surface area contributed by atoms with E-state index in [-0.39, 0.29) is 24.9 Å². The molecule has 0 unspecified atom stereocenters. The van der Waals surface area contributed by atoms with Crippen molar-refractivity contribution in [3.63, 3.8) is 0 Å². The molecular weight excluding hydrogens is 368 g/mol. The minimum atomic E-state index is -0.940. The van der Waals surface area contributed by atoms with E-state index in [1.54, 1.807) is 48.8 Å². The quantitative estimate of drug-likeness (QED) is 0.624. The van der Waals surface area contributed by atoms with Gasteiger partial charge in [-0.1, -0.05) is 24.3 Å². The molecule has 3 heterocycles. The molecule has 7 nitrogen and oxygen atoms in total. The second-order valence-corrected chi connectivity index (χ2v) is 8.12. The van der Waals surface area contributed by atoms with Gasteiger partial charge < -0.3 is 15.1 Å². The summed E-state index contributed by atoms with van der Waals surface area (Å²) in [6, 6.07) is 10.8. The maximum absolute atomic E-state index is 12.8. The maximum Gasteiger partial charge on any atom is 0.168 e. The number of fused-ring (bicyclic) bond motifs is 1. The SMILES string of the molecule is CC(C)(O)c1ccc(C(=O)Cc2cc(N3CCC[C@@H]3CO)n3nccc3n2)cc1. The van der Waals surface area contributed by atoms with Gasteiger partial charge in [0.1, 0.15) is 5.82 Å². The predicted octanol–water partition coefficient (Wildman–Crippen LogP) is 2.34. The monoisotopic (exact) mass is 394 g/mol. The Morgan fingerprint density at radius 3 is 2.69 bits per heavy atom. The number of aliphatic hydroxyl groups is 2. The van der Waals surface area contributed by atoms with E-state index in [1.807, 2.05) is 12.1 Å². The number of aromatic nitrogens is 3. The van der Waals surface area contributed by atoms with Crippen molar-refractivity contribution in [2.24, 2.45) is 0 Å². The lowest BCUT2D eigenvalue weighted by molar-refractivity contribution is 0.0784. The van der Waals surface area contributed by atoms with Gasteiger partial charge in [-0.2, -0.15) is 9.61 Å². The zero-order valence-electron chi connectivity index (χ0n) is 16.7. The van der Waals surface area contributed by atoms with E-state index in [2.05, 4.69) is 15.0 Å². The number of anilines is 1. The first kappa shape index (κ1) is 19.5. The van der Waals surface area contributed by atoms with Gasteiger partial charge in [-0.3, -0.25) is 4.79 Å². The highest BCUT2D eigenvalue weighted by Gasteiger charge is 2.27. The van der Waals surface area contributed by atoms with Crippen molar-refractivity contribution in [2.45, 2.75) is 44.8 Å². The lowest BCUT2D eigenvalue weighted by Crippen LogP contribution is -2.33. The topological polar surface area (TPSA) is 91.0 Å². The molecule has 1 saturated heterocycles. The molecule has 1 aliphatic rings. The molecule has 0 amide bonds. The minimum absolute atomic E-state index is 0.0326. The van der Waals surface area contributed by atoms with Crippen molar-refractivity contribution >= 4 is 17.2 Å². The van der Waals surface area contributed by atoms with Gasteiger partial charge in [0.25, 0.3) is 0 Å². The van der Waals surface area contributed by atoms with Crippen LogP contribution in [0.1, 0.15) is 48.3 Å². The summed E-state index contributed by atoms with van der Waals surface area (Å²) < 4.78 is 1.76. The summed E-state index contributed by atoms with van der Waals surface area (Å²) in [7, 11) is 0. The molecule has 0 saturated carbocycles. The van der Waals surface area contributed by atoms with Crippen molar-refractivity contribution < 1.29 is 15.0 Å². The summed E-state index contributed by atoms with van der Waals surface area (Å²) in [5.41, 5.74) is 1.77. The molecule has 1 aromatic carbocycles. The lowest BCUT2D eigenvalue weighted by Gasteiger charge is -2.25. The lowest BCUT2D eigenvalue weighted by atomic mass is 9.96. The average molecular weight is 394 g/mol. The number of hydrogen-bond donors (Lipinski definition) is 2. The molecule has 29 heavy (non-hydrogen) atoms. The van der Waals surface area contributed by atoms with Crippen molar-refractivity contribution in [3.05, 3.63) is 59.4 Å². The number of hydrogen-bond acceptors (Lipinski definition) is 6. The molecule has 2 N–H and O–H groups in total. The molecule has 3 aromatic rings. The van der Waals surface area contributed by atoms with Crippen molar-refractivity contribution in [1.29, 1.82) is 0 Å². The third-order valence-electron chi connectivity index (χ3n) is 5.53. The Kier molecular flexibility index (Phi) is 5.10.